The molecule has 10 nitrogen and oxygen atoms in total. The van der Waals surface area contributed by atoms with Crippen LogP contribution in [0.3, 0.4) is 0 Å². The number of amides is 2. The van der Waals surface area contributed by atoms with Gasteiger partial charge in [-0.3, -0.25) is 5.32 Å². The van der Waals surface area contributed by atoms with Gasteiger partial charge in [-0.15, -0.1) is 0 Å². The molecule has 2 atom stereocenters. The molecule has 0 bridgehead atoms. The number of urea groups is 1. The molecule has 1 saturated heterocycles. The van der Waals surface area contributed by atoms with Crippen LogP contribution >= 0.6 is 11.5 Å². The predicted octanol–water partition coefficient (Wildman–Crippen LogP) is 2.70. The minimum atomic E-state index is -0.105. The van der Waals surface area contributed by atoms with E-state index in [1.165, 1.54) is 11.5 Å². The number of nitriles is 1. The third kappa shape index (κ3) is 3.99. The van der Waals surface area contributed by atoms with Crippen LogP contribution < -0.4 is 10.6 Å². The van der Waals surface area contributed by atoms with Gasteiger partial charge in [0.25, 0.3) is 0 Å². The minimum Gasteiger partial charge on any atom is -0.381 e. The molecule has 4 heterocycles. The number of aromatic amines is 1. The van der Waals surface area contributed by atoms with Gasteiger partial charge in [0.15, 0.2) is 5.82 Å². The fourth-order valence-corrected chi connectivity index (χ4v) is 5.43. The van der Waals surface area contributed by atoms with Crippen molar-refractivity contribution in [1.29, 1.82) is 5.26 Å². The van der Waals surface area contributed by atoms with E-state index in [2.05, 4.69) is 36.0 Å². The molecule has 5 rings (SSSR count). The summed E-state index contributed by atoms with van der Waals surface area (Å²) in [5, 5.41) is 17.5. The van der Waals surface area contributed by atoms with E-state index in [9.17, 15) is 10.1 Å². The van der Waals surface area contributed by atoms with Gasteiger partial charge in [0.05, 0.1) is 17.8 Å². The van der Waals surface area contributed by atoms with Crippen molar-refractivity contribution in [3.63, 3.8) is 0 Å². The Morgan fingerprint density at radius 2 is 2.16 bits per heavy atom. The number of nitrogens with one attached hydrogen (secondary N) is 3. The van der Waals surface area contributed by atoms with E-state index < -0.39 is 0 Å². The van der Waals surface area contributed by atoms with Crippen molar-refractivity contribution >= 4 is 39.4 Å². The van der Waals surface area contributed by atoms with Crippen LogP contribution in [-0.4, -0.2) is 68.4 Å². The molecule has 2 fully saturated rings. The van der Waals surface area contributed by atoms with Crippen LogP contribution in [0.4, 0.5) is 15.6 Å². The van der Waals surface area contributed by atoms with Crippen LogP contribution in [0, 0.1) is 23.2 Å². The number of pyridine rings is 1. The molecule has 0 aromatic carbocycles. The van der Waals surface area contributed by atoms with Gasteiger partial charge in [-0.05, 0) is 44.8 Å². The molecule has 2 aliphatic rings. The highest BCUT2D eigenvalue weighted by atomic mass is 32.1. The Labute approximate surface area is 189 Å². The van der Waals surface area contributed by atoms with Crippen molar-refractivity contribution in [1.82, 2.24) is 29.1 Å². The summed E-state index contributed by atoms with van der Waals surface area (Å²) in [6.45, 7) is 2.12. The number of nitrogens with zero attached hydrogens (tertiary/aromatic N) is 6. The Balaban J connectivity index is 1.19. The molecular formula is C21H25N9OS. The Morgan fingerprint density at radius 3 is 2.88 bits per heavy atom. The van der Waals surface area contributed by atoms with Gasteiger partial charge in [0.1, 0.15) is 11.7 Å². The zero-order valence-electron chi connectivity index (χ0n) is 18.0. The van der Waals surface area contributed by atoms with Crippen molar-refractivity contribution in [2.45, 2.75) is 25.4 Å². The second kappa shape index (κ2) is 8.37. The van der Waals surface area contributed by atoms with Gasteiger partial charge >= 0.3 is 6.03 Å². The van der Waals surface area contributed by atoms with E-state index in [0.717, 1.165) is 42.7 Å². The number of likely N-dealkylation sites (tertiary alicyclic amines) is 1. The zero-order valence-corrected chi connectivity index (χ0v) is 18.8. The molecular weight excluding hydrogens is 426 g/mol. The van der Waals surface area contributed by atoms with E-state index in [0.29, 0.717) is 34.9 Å². The maximum Gasteiger partial charge on any atom is 0.323 e. The number of hydrogen-bond acceptors (Lipinski definition) is 8. The van der Waals surface area contributed by atoms with Crippen LogP contribution in [0.1, 0.15) is 24.2 Å². The molecule has 0 radical (unpaired) electrons. The maximum atomic E-state index is 12.7. The smallest absolute Gasteiger partial charge is 0.323 e. The largest absolute Gasteiger partial charge is 0.381 e. The molecule has 3 N–H and O–H groups in total. The third-order valence-corrected chi connectivity index (χ3v) is 6.90. The number of fused-ring (bicyclic) bond motifs is 2. The van der Waals surface area contributed by atoms with Gasteiger partial charge in [-0.25, -0.2) is 14.8 Å². The third-order valence-electron chi connectivity index (χ3n) is 6.23. The first-order chi connectivity index (χ1) is 15.5. The van der Waals surface area contributed by atoms with Gasteiger partial charge in [0, 0.05) is 48.4 Å². The Hall–Kier alpha value is -3.23. The van der Waals surface area contributed by atoms with Crippen LogP contribution in [0.25, 0.3) is 11.0 Å². The molecule has 1 aliphatic carbocycles. The lowest BCUT2D eigenvalue weighted by atomic mass is 10.0. The number of H-pyrrole nitrogens is 1. The number of hydrogen-bond donors (Lipinski definition) is 3. The van der Waals surface area contributed by atoms with Crippen molar-refractivity contribution in [2.24, 2.45) is 11.8 Å². The fourth-order valence-electron chi connectivity index (χ4n) is 4.86. The Kier molecular flexibility index (Phi) is 5.40. The monoisotopic (exact) mass is 451 g/mol. The summed E-state index contributed by atoms with van der Waals surface area (Å²) in [4.78, 5) is 28.4. The van der Waals surface area contributed by atoms with Gasteiger partial charge < -0.3 is 20.1 Å². The van der Waals surface area contributed by atoms with E-state index in [1.54, 1.807) is 6.20 Å². The normalized spacial score (nSPS) is 22.3. The highest BCUT2D eigenvalue weighted by molar-refractivity contribution is 7.09. The quantitative estimate of drug-likeness (QED) is 0.544. The number of anilines is 2. The standard InChI is InChI=1S/C21H25N9OS/c1-29(2)11-17-26-20(32-28-17)27-21(31)30-9-12-5-15(6-13(12)10-30)25-18-14(7-22)8-24-19-16(18)3-4-23-19/h3-4,8,12-13,15H,5-6,9-11H2,1-2H3,(H2,23,24,25)(H,26,27,28,31). The lowest BCUT2D eigenvalue weighted by molar-refractivity contribution is 0.218. The number of rotatable bonds is 5. The lowest BCUT2D eigenvalue weighted by Gasteiger charge is -2.21. The van der Waals surface area contributed by atoms with E-state index >= 15 is 0 Å². The number of carbonyl (C=O) groups excluding carboxylic acids is 1. The average molecular weight is 452 g/mol. The van der Waals surface area contributed by atoms with E-state index in [-0.39, 0.29) is 12.1 Å². The second-order valence-corrected chi connectivity index (χ2v) is 9.57. The fraction of sp³-hybridized carbons (Fsp3) is 0.476. The summed E-state index contributed by atoms with van der Waals surface area (Å²) in [6, 6.07) is 4.37. The molecule has 2 unspecified atom stereocenters. The first kappa shape index (κ1) is 20.7. The Bertz CT molecular complexity index is 1170. The molecule has 2 amide bonds. The van der Waals surface area contributed by atoms with Crippen molar-refractivity contribution < 1.29 is 4.79 Å². The second-order valence-electron chi connectivity index (χ2n) is 8.82. The van der Waals surface area contributed by atoms with Crippen LogP contribution in [-0.2, 0) is 6.54 Å². The highest BCUT2D eigenvalue weighted by Crippen LogP contribution is 2.40. The lowest BCUT2D eigenvalue weighted by Crippen LogP contribution is -2.34. The first-order valence-electron chi connectivity index (χ1n) is 10.7. The van der Waals surface area contributed by atoms with Crippen LogP contribution in [0.2, 0.25) is 0 Å². The van der Waals surface area contributed by atoms with Crippen molar-refractivity contribution in [2.75, 3.05) is 37.8 Å². The molecule has 0 spiro atoms. The summed E-state index contributed by atoms with van der Waals surface area (Å²) >= 11 is 1.22. The summed E-state index contributed by atoms with van der Waals surface area (Å²) in [5.74, 6) is 1.61. The highest BCUT2D eigenvalue weighted by Gasteiger charge is 2.42. The number of aromatic nitrogens is 4. The summed E-state index contributed by atoms with van der Waals surface area (Å²) in [5.41, 5.74) is 2.18. The minimum absolute atomic E-state index is 0.105. The van der Waals surface area contributed by atoms with E-state index in [4.69, 9.17) is 0 Å². The van der Waals surface area contributed by atoms with Gasteiger partial charge in [-0.1, -0.05) is 0 Å². The SMILES string of the molecule is CN(C)Cc1nsc(NC(=O)N2CC3CC(Nc4c(C#N)cnc5[nH]ccc45)CC3C2)n1. The van der Waals surface area contributed by atoms with Crippen LogP contribution in [0.15, 0.2) is 18.5 Å². The molecule has 3 aromatic heterocycles. The van der Waals surface area contributed by atoms with Gasteiger partial charge in [-0.2, -0.15) is 9.64 Å². The van der Waals surface area contributed by atoms with E-state index in [1.807, 2.05) is 36.2 Å². The van der Waals surface area contributed by atoms with Gasteiger partial charge in [0.2, 0.25) is 5.13 Å². The topological polar surface area (TPSA) is 126 Å². The van der Waals surface area contributed by atoms with Crippen LogP contribution in [0.5, 0.6) is 0 Å². The predicted molar refractivity (Wildman–Crippen MR) is 122 cm³/mol. The zero-order chi connectivity index (χ0) is 22.2. The van der Waals surface area contributed by atoms with Crippen molar-refractivity contribution in [3.05, 3.63) is 29.8 Å². The molecule has 32 heavy (non-hydrogen) atoms. The molecule has 166 valence electrons. The number of carbonyl (C=O) groups is 1. The average Bonchev–Trinajstić information content (AvgIpc) is 3.51. The maximum absolute atomic E-state index is 12.7. The molecule has 1 saturated carbocycles. The summed E-state index contributed by atoms with van der Waals surface area (Å²) in [6.07, 6.45) is 5.39. The van der Waals surface area contributed by atoms with Crippen molar-refractivity contribution in [3.8, 4) is 6.07 Å². The molecule has 11 heteroatoms. The summed E-state index contributed by atoms with van der Waals surface area (Å²) < 4.78 is 4.29. The first-order valence-corrected chi connectivity index (χ1v) is 11.4. The molecule has 1 aliphatic heterocycles. The molecule has 3 aromatic rings. The Morgan fingerprint density at radius 1 is 1.38 bits per heavy atom. The summed E-state index contributed by atoms with van der Waals surface area (Å²) in [7, 11) is 3.92.